The third-order valence-electron chi connectivity index (χ3n) is 4.47. The third kappa shape index (κ3) is 4.30. The van der Waals surface area contributed by atoms with Crippen LogP contribution in [0, 0.1) is 6.92 Å². The minimum atomic E-state index is -0.997. The van der Waals surface area contributed by atoms with Gasteiger partial charge in [0.05, 0.1) is 24.7 Å². The number of para-hydroxylation sites is 1. The van der Waals surface area contributed by atoms with Crippen LogP contribution >= 0.6 is 0 Å². The highest BCUT2D eigenvalue weighted by atomic mass is 16.5. The lowest BCUT2D eigenvalue weighted by Gasteiger charge is -2.07. The molecule has 0 aliphatic heterocycles. The van der Waals surface area contributed by atoms with E-state index in [4.69, 9.17) is 4.74 Å². The largest absolute Gasteiger partial charge is 0.497 e. The zero-order valence-electron chi connectivity index (χ0n) is 16.7. The molecule has 154 valence electrons. The van der Waals surface area contributed by atoms with Crippen molar-refractivity contribution in [3.8, 4) is 11.4 Å². The van der Waals surface area contributed by atoms with Crippen LogP contribution in [0.5, 0.6) is 5.75 Å². The normalized spacial score (nSPS) is 10.8. The lowest BCUT2D eigenvalue weighted by atomic mass is 10.2. The fraction of sp³-hybridized carbons (Fsp3) is 0.143. The topological polar surface area (TPSA) is 107 Å². The number of aromatic nitrogens is 2. The molecule has 0 saturated carbocycles. The lowest BCUT2D eigenvalue weighted by molar-refractivity contribution is -0.136. The first-order valence-electron chi connectivity index (χ1n) is 9.05. The maximum Gasteiger partial charge on any atom is 0.329 e. The Labute approximate surface area is 172 Å². The molecule has 0 aliphatic rings. The summed E-state index contributed by atoms with van der Waals surface area (Å²) < 4.78 is 8.12. The van der Waals surface area contributed by atoms with Crippen LogP contribution in [0.25, 0.3) is 5.69 Å². The van der Waals surface area contributed by atoms with E-state index in [0.29, 0.717) is 22.7 Å². The first-order chi connectivity index (χ1) is 14.4. The highest BCUT2D eigenvalue weighted by Gasteiger charge is 2.21. The monoisotopic (exact) mass is 407 g/mol. The second kappa shape index (κ2) is 8.91. The predicted octanol–water partition coefficient (Wildman–Crippen LogP) is 1.58. The zero-order chi connectivity index (χ0) is 21.7. The van der Waals surface area contributed by atoms with Gasteiger partial charge in [0.25, 0.3) is 5.56 Å². The second-order valence-electron chi connectivity index (χ2n) is 6.37. The number of ether oxygens (including phenoxy) is 1. The molecular formula is C21H21N5O4. The molecule has 3 aromatic rings. The number of amides is 2. The molecular weight excluding hydrogens is 386 g/mol. The summed E-state index contributed by atoms with van der Waals surface area (Å²) in [5.74, 6) is -1.36. The molecule has 0 bridgehead atoms. The number of nitrogens with zero attached hydrogens (tertiary/aromatic N) is 3. The van der Waals surface area contributed by atoms with Gasteiger partial charge in [0.2, 0.25) is 0 Å². The van der Waals surface area contributed by atoms with Gasteiger partial charge >= 0.3 is 11.8 Å². The van der Waals surface area contributed by atoms with E-state index in [0.717, 1.165) is 0 Å². The Morgan fingerprint density at radius 3 is 2.50 bits per heavy atom. The number of carbonyl (C=O) groups is 2. The van der Waals surface area contributed by atoms with Gasteiger partial charge in [-0.1, -0.05) is 30.3 Å². The fourth-order valence-corrected chi connectivity index (χ4v) is 2.82. The molecule has 3 rings (SSSR count). The lowest BCUT2D eigenvalue weighted by Crippen LogP contribution is -2.34. The maximum atomic E-state index is 12.8. The molecule has 9 heteroatoms. The number of hydrogen-bond acceptors (Lipinski definition) is 5. The van der Waals surface area contributed by atoms with Crippen molar-refractivity contribution < 1.29 is 14.3 Å². The summed E-state index contributed by atoms with van der Waals surface area (Å²) in [5, 5.41) is 6.14. The summed E-state index contributed by atoms with van der Waals surface area (Å²) >= 11 is 0. The first-order valence-corrected chi connectivity index (χ1v) is 9.05. The summed E-state index contributed by atoms with van der Waals surface area (Å²) in [6.07, 6.45) is 1.38. The molecule has 2 N–H and O–H groups in total. The molecule has 2 aromatic carbocycles. The molecule has 1 heterocycles. The van der Waals surface area contributed by atoms with E-state index >= 15 is 0 Å². The highest BCUT2D eigenvalue weighted by Crippen LogP contribution is 2.14. The minimum Gasteiger partial charge on any atom is -0.497 e. The van der Waals surface area contributed by atoms with E-state index in [1.54, 1.807) is 74.3 Å². The van der Waals surface area contributed by atoms with Gasteiger partial charge in [-0.15, -0.1) is 0 Å². The number of rotatable bonds is 5. The quantitative estimate of drug-likeness (QED) is 0.380. The summed E-state index contributed by atoms with van der Waals surface area (Å²) in [6, 6.07) is 16.0. The first kappa shape index (κ1) is 20.6. The summed E-state index contributed by atoms with van der Waals surface area (Å²) in [5.41, 5.74) is 3.55. The van der Waals surface area contributed by atoms with E-state index in [1.807, 2.05) is 6.07 Å². The van der Waals surface area contributed by atoms with Crippen LogP contribution in [0.2, 0.25) is 0 Å². The Bertz CT molecular complexity index is 1160. The fourth-order valence-electron chi connectivity index (χ4n) is 2.82. The number of anilines is 1. The van der Waals surface area contributed by atoms with Gasteiger partial charge in [0.15, 0.2) is 0 Å². The van der Waals surface area contributed by atoms with Crippen molar-refractivity contribution in [2.45, 2.75) is 6.92 Å². The van der Waals surface area contributed by atoms with Gasteiger partial charge in [0, 0.05) is 7.05 Å². The Balaban J connectivity index is 1.72. The molecule has 2 amide bonds. The molecule has 9 nitrogen and oxygen atoms in total. The standard InChI is InChI=1S/C21H21N5O4/c1-14-18(21(29)26(25(14)2)16-9-5-4-6-10-16)23-19(27)20(28)24-22-13-15-8-7-11-17(12-15)30-3/h4-13H,1-3H3,(H,23,27)(H,24,28)/b22-13+. The highest BCUT2D eigenvalue weighted by molar-refractivity contribution is 6.39. The third-order valence-corrected chi connectivity index (χ3v) is 4.47. The van der Waals surface area contributed by atoms with Gasteiger partial charge < -0.3 is 10.1 Å². The molecule has 0 aliphatic carbocycles. The molecule has 30 heavy (non-hydrogen) atoms. The van der Waals surface area contributed by atoms with Crippen molar-refractivity contribution in [2.75, 3.05) is 12.4 Å². The summed E-state index contributed by atoms with van der Waals surface area (Å²) in [7, 11) is 3.23. The van der Waals surface area contributed by atoms with Gasteiger partial charge in [0.1, 0.15) is 11.4 Å². The SMILES string of the molecule is COc1cccc(/C=N/NC(=O)C(=O)Nc2c(C)n(C)n(-c3ccccc3)c2=O)c1. The van der Waals surface area contributed by atoms with Crippen molar-refractivity contribution >= 4 is 23.7 Å². The van der Waals surface area contributed by atoms with Gasteiger partial charge in [-0.05, 0) is 36.8 Å². The van der Waals surface area contributed by atoms with Crippen molar-refractivity contribution in [1.29, 1.82) is 0 Å². The Kier molecular flexibility index (Phi) is 6.11. The van der Waals surface area contributed by atoms with Crippen molar-refractivity contribution in [2.24, 2.45) is 12.1 Å². The molecule has 0 unspecified atom stereocenters. The second-order valence-corrected chi connectivity index (χ2v) is 6.37. The van der Waals surface area contributed by atoms with Crippen molar-refractivity contribution in [1.82, 2.24) is 14.8 Å². The average molecular weight is 407 g/mol. The minimum absolute atomic E-state index is 0.0262. The van der Waals surface area contributed by atoms with E-state index in [9.17, 15) is 14.4 Å². The van der Waals surface area contributed by atoms with Crippen LogP contribution in [-0.2, 0) is 16.6 Å². The van der Waals surface area contributed by atoms with Crippen LogP contribution < -0.4 is 21.0 Å². The number of nitrogens with one attached hydrogen (secondary N) is 2. The smallest absolute Gasteiger partial charge is 0.329 e. The molecule has 1 aromatic heterocycles. The van der Waals surface area contributed by atoms with E-state index < -0.39 is 17.4 Å². The molecule has 0 spiro atoms. The molecule has 0 fully saturated rings. The molecule has 0 atom stereocenters. The van der Waals surface area contributed by atoms with Gasteiger partial charge in [-0.3, -0.25) is 19.1 Å². The van der Waals surface area contributed by atoms with Crippen LogP contribution in [0.3, 0.4) is 0 Å². The van der Waals surface area contributed by atoms with E-state index in [-0.39, 0.29) is 5.69 Å². The molecule has 0 radical (unpaired) electrons. The predicted molar refractivity (Wildman–Crippen MR) is 113 cm³/mol. The van der Waals surface area contributed by atoms with E-state index in [2.05, 4.69) is 15.8 Å². The van der Waals surface area contributed by atoms with Crippen molar-refractivity contribution in [3.05, 3.63) is 76.2 Å². The van der Waals surface area contributed by atoms with E-state index in [1.165, 1.54) is 10.9 Å². The molecule has 0 saturated heterocycles. The number of carbonyl (C=O) groups excluding carboxylic acids is 2. The average Bonchev–Trinajstić information content (AvgIpc) is 2.97. The maximum absolute atomic E-state index is 12.8. The number of methoxy groups -OCH3 is 1. The number of hydrazone groups is 1. The Morgan fingerprint density at radius 2 is 1.80 bits per heavy atom. The summed E-state index contributed by atoms with van der Waals surface area (Å²) in [4.78, 5) is 37.1. The van der Waals surface area contributed by atoms with Crippen LogP contribution in [0.15, 0.2) is 64.5 Å². The van der Waals surface area contributed by atoms with Crippen LogP contribution in [0.4, 0.5) is 5.69 Å². The van der Waals surface area contributed by atoms with Gasteiger partial charge in [-0.25, -0.2) is 10.1 Å². The van der Waals surface area contributed by atoms with Crippen LogP contribution in [-0.4, -0.2) is 34.5 Å². The number of benzene rings is 2. The zero-order valence-corrected chi connectivity index (χ0v) is 16.7. The Morgan fingerprint density at radius 1 is 1.07 bits per heavy atom. The summed E-state index contributed by atoms with van der Waals surface area (Å²) in [6.45, 7) is 1.68. The van der Waals surface area contributed by atoms with Gasteiger partial charge in [-0.2, -0.15) is 5.10 Å². The van der Waals surface area contributed by atoms with Crippen molar-refractivity contribution in [3.63, 3.8) is 0 Å². The Hall–Kier alpha value is -4.14. The van der Waals surface area contributed by atoms with Crippen LogP contribution in [0.1, 0.15) is 11.3 Å². The number of hydrogen-bond donors (Lipinski definition) is 2.